The molecule has 0 atom stereocenters. The van der Waals surface area contributed by atoms with Crippen LogP contribution in [0.1, 0.15) is 21.7 Å². The van der Waals surface area contributed by atoms with Crippen LogP contribution in [0.3, 0.4) is 0 Å². The molecule has 0 aliphatic rings. The standard InChI is InChI=1S/C19H19N2O/c1-16-20(14-17-8-4-2-5-9-17)12-13-21(16)15-19(22)18-10-6-3-7-11-18/h2-13H,14-15H2,1H3/q+1. The first-order chi connectivity index (χ1) is 10.7. The minimum absolute atomic E-state index is 0.131. The number of benzene rings is 2. The molecule has 0 saturated heterocycles. The van der Waals surface area contributed by atoms with Crippen LogP contribution in [0.15, 0.2) is 73.1 Å². The van der Waals surface area contributed by atoms with E-state index in [0.717, 1.165) is 17.9 Å². The highest BCUT2D eigenvalue weighted by Crippen LogP contribution is 2.05. The quantitative estimate of drug-likeness (QED) is 0.524. The minimum Gasteiger partial charge on any atom is -0.290 e. The largest absolute Gasteiger partial charge is 0.290 e. The van der Waals surface area contributed by atoms with Gasteiger partial charge in [-0.15, -0.1) is 0 Å². The highest BCUT2D eigenvalue weighted by Gasteiger charge is 2.16. The van der Waals surface area contributed by atoms with Gasteiger partial charge in [-0.25, -0.2) is 9.13 Å². The van der Waals surface area contributed by atoms with E-state index in [9.17, 15) is 4.79 Å². The molecule has 1 heterocycles. The van der Waals surface area contributed by atoms with Gasteiger partial charge in [0.25, 0.3) is 5.82 Å². The summed E-state index contributed by atoms with van der Waals surface area (Å²) in [6.45, 7) is 3.23. The van der Waals surface area contributed by atoms with Crippen LogP contribution < -0.4 is 4.57 Å². The fourth-order valence-electron chi connectivity index (χ4n) is 2.53. The Balaban J connectivity index is 1.75. The lowest BCUT2D eigenvalue weighted by atomic mass is 10.1. The number of hydrogen-bond donors (Lipinski definition) is 0. The van der Waals surface area contributed by atoms with Crippen LogP contribution in [0.4, 0.5) is 0 Å². The summed E-state index contributed by atoms with van der Waals surface area (Å²) in [5.74, 6) is 1.21. The van der Waals surface area contributed by atoms with Crippen molar-refractivity contribution in [2.75, 3.05) is 0 Å². The number of carbonyl (C=O) groups excluding carboxylic acids is 1. The molecule has 3 rings (SSSR count). The maximum absolute atomic E-state index is 12.3. The van der Waals surface area contributed by atoms with Crippen molar-refractivity contribution in [1.29, 1.82) is 0 Å². The van der Waals surface area contributed by atoms with Crippen molar-refractivity contribution in [2.24, 2.45) is 0 Å². The molecular weight excluding hydrogens is 272 g/mol. The van der Waals surface area contributed by atoms with Crippen LogP contribution in [0, 0.1) is 6.92 Å². The van der Waals surface area contributed by atoms with Crippen molar-refractivity contribution < 1.29 is 9.36 Å². The molecule has 0 amide bonds. The Morgan fingerprint density at radius 1 is 1.00 bits per heavy atom. The molecule has 0 fully saturated rings. The topological polar surface area (TPSA) is 25.9 Å². The molecular formula is C19H19N2O+. The molecule has 3 nitrogen and oxygen atoms in total. The lowest BCUT2D eigenvalue weighted by Gasteiger charge is -2.02. The number of carbonyl (C=O) groups is 1. The predicted molar refractivity (Wildman–Crippen MR) is 85.7 cm³/mol. The summed E-state index contributed by atoms with van der Waals surface area (Å²) in [5, 5.41) is 0. The summed E-state index contributed by atoms with van der Waals surface area (Å²) in [5.41, 5.74) is 2.01. The molecule has 0 spiro atoms. The molecule has 0 bridgehead atoms. The fraction of sp³-hybridized carbons (Fsp3) is 0.158. The van der Waals surface area contributed by atoms with Crippen molar-refractivity contribution >= 4 is 5.78 Å². The Kier molecular flexibility index (Phi) is 4.15. The molecule has 0 N–H and O–H groups in total. The van der Waals surface area contributed by atoms with E-state index in [-0.39, 0.29) is 5.78 Å². The molecule has 0 aliphatic carbocycles. The van der Waals surface area contributed by atoms with Crippen LogP contribution in [-0.2, 0) is 13.1 Å². The predicted octanol–water partition coefficient (Wildman–Crippen LogP) is 3.02. The van der Waals surface area contributed by atoms with Gasteiger partial charge in [-0.2, -0.15) is 0 Å². The van der Waals surface area contributed by atoms with E-state index in [0.29, 0.717) is 6.54 Å². The fourth-order valence-corrected chi connectivity index (χ4v) is 2.53. The summed E-state index contributed by atoms with van der Waals surface area (Å²) >= 11 is 0. The van der Waals surface area contributed by atoms with Gasteiger partial charge in [0.15, 0.2) is 6.54 Å². The summed E-state index contributed by atoms with van der Waals surface area (Å²) in [6, 6.07) is 19.8. The van der Waals surface area contributed by atoms with Crippen molar-refractivity contribution in [1.82, 2.24) is 4.57 Å². The molecule has 110 valence electrons. The van der Waals surface area contributed by atoms with E-state index in [1.807, 2.05) is 72.4 Å². The number of ketones is 1. The summed E-state index contributed by atoms with van der Waals surface area (Å²) < 4.78 is 4.16. The maximum Gasteiger partial charge on any atom is 0.253 e. The molecule has 2 aromatic carbocycles. The third kappa shape index (κ3) is 3.14. The first kappa shape index (κ1) is 14.3. The molecule has 3 heteroatoms. The van der Waals surface area contributed by atoms with Gasteiger partial charge in [-0.1, -0.05) is 60.7 Å². The third-order valence-corrected chi connectivity index (χ3v) is 3.86. The molecule has 22 heavy (non-hydrogen) atoms. The van der Waals surface area contributed by atoms with Gasteiger partial charge in [0.1, 0.15) is 18.9 Å². The zero-order valence-electron chi connectivity index (χ0n) is 12.6. The average molecular weight is 291 g/mol. The lowest BCUT2D eigenvalue weighted by molar-refractivity contribution is -0.693. The summed E-state index contributed by atoms with van der Waals surface area (Å²) in [6.07, 6.45) is 4.00. The van der Waals surface area contributed by atoms with Crippen LogP contribution >= 0.6 is 0 Å². The highest BCUT2D eigenvalue weighted by molar-refractivity contribution is 5.95. The lowest BCUT2D eigenvalue weighted by Crippen LogP contribution is -2.36. The van der Waals surface area contributed by atoms with Crippen LogP contribution in [0.5, 0.6) is 0 Å². The second kappa shape index (κ2) is 6.39. The molecule has 1 aromatic heterocycles. The van der Waals surface area contributed by atoms with Crippen molar-refractivity contribution in [2.45, 2.75) is 20.0 Å². The van der Waals surface area contributed by atoms with E-state index in [1.165, 1.54) is 5.56 Å². The number of nitrogens with zero attached hydrogens (tertiary/aromatic N) is 2. The Hall–Kier alpha value is -2.68. The number of rotatable bonds is 5. The molecule has 0 unspecified atom stereocenters. The van der Waals surface area contributed by atoms with Gasteiger partial charge in [0, 0.05) is 12.5 Å². The van der Waals surface area contributed by atoms with Gasteiger partial charge in [-0.3, -0.25) is 4.79 Å². The molecule has 0 aliphatic heterocycles. The smallest absolute Gasteiger partial charge is 0.253 e. The second-order valence-electron chi connectivity index (χ2n) is 5.38. The van der Waals surface area contributed by atoms with Gasteiger partial charge >= 0.3 is 0 Å². The van der Waals surface area contributed by atoms with Crippen LogP contribution in [0.2, 0.25) is 0 Å². The molecule has 0 saturated carbocycles. The summed E-state index contributed by atoms with van der Waals surface area (Å²) in [4.78, 5) is 12.3. The Bertz CT molecular complexity index is 761. The molecule has 3 aromatic rings. The zero-order valence-corrected chi connectivity index (χ0v) is 12.6. The number of aromatic nitrogens is 2. The van der Waals surface area contributed by atoms with Crippen molar-refractivity contribution in [3.63, 3.8) is 0 Å². The van der Waals surface area contributed by atoms with E-state index in [1.54, 1.807) is 0 Å². The second-order valence-corrected chi connectivity index (χ2v) is 5.38. The van der Waals surface area contributed by atoms with E-state index >= 15 is 0 Å². The first-order valence-electron chi connectivity index (χ1n) is 7.41. The highest BCUT2D eigenvalue weighted by atomic mass is 16.1. The maximum atomic E-state index is 12.3. The number of hydrogen-bond acceptors (Lipinski definition) is 1. The Morgan fingerprint density at radius 2 is 1.64 bits per heavy atom. The van der Waals surface area contributed by atoms with Crippen LogP contribution in [-0.4, -0.2) is 10.4 Å². The SMILES string of the molecule is Cc1n(CC(=O)c2ccccc2)cc[n+]1Cc1ccccc1. The van der Waals surface area contributed by atoms with Crippen LogP contribution in [0.25, 0.3) is 0 Å². The van der Waals surface area contributed by atoms with Gasteiger partial charge < -0.3 is 0 Å². The first-order valence-corrected chi connectivity index (χ1v) is 7.41. The van der Waals surface area contributed by atoms with Crippen molar-refractivity contribution in [3.8, 4) is 0 Å². The molecule has 0 radical (unpaired) electrons. The van der Waals surface area contributed by atoms with Crippen molar-refractivity contribution in [3.05, 3.63) is 90.0 Å². The van der Waals surface area contributed by atoms with E-state index in [4.69, 9.17) is 0 Å². The average Bonchev–Trinajstić information content (AvgIpc) is 2.90. The summed E-state index contributed by atoms with van der Waals surface area (Å²) in [7, 11) is 0. The third-order valence-electron chi connectivity index (χ3n) is 3.86. The van der Waals surface area contributed by atoms with E-state index in [2.05, 4.69) is 16.7 Å². The normalized spacial score (nSPS) is 10.6. The monoisotopic (exact) mass is 291 g/mol. The number of imidazole rings is 1. The van der Waals surface area contributed by atoms with Gasteiger partial charge in [-0.05, 0) is 5.56 Å². The van der Waals surface area contributed by atoms with Gasteiger partial charge in [0.05, 0.1) is 0 Å². The van der Waals surface area contributed by atoms with E-state index < -0.39 is 0 Å². The Labute approximate surface area is 130 Å². The number of Topliss-reactive ketones (excluding diaryl/α,β-unsaturated/α-hetero) is 1. The zero-order chi connectivity index (χ0) is 15.4. The minimum atomic E-state index is 0.131. The van der Waals surface area contributed by atoms with Gasteiger partial charge in [0.2, 0.25) is 5.78 Å². The Morgan fingerprint density at radius 3 is 2.32 bits per heavy atom.